The summed E-state index contributed by atoms with van der Waals surface area (Å²) in [5.74, 6) is 0.527. The van der Waals surface area contributed by atoms with Gasteiger partial charge in [0, 0.05) is 10.3 Å². The molecule has 1 aliphatic carbocycles. The Morgan fingerprint density at radius 1 is 1.50 bits per heavy atom. The van der Waals surface area contributed by atoms with Gasteiger partial charge in [0.25, 0.3) is 0 Å². The fourth-order valence-electron chi connectivity index (χ4n) is 1.34. The molecule has 0 heterocycles. The lowest BCUT2D eigenvalue weighted by molar-refractivity contribution is 0.385. The van der Waals surface area contributed by atoms with Crippen molar-refractivity contribution in [1.82, 2.24) is 0 Å². The van der Waals surface area contributed by atoms with Crippen LogP contribution >= 0.6 is 22.6 Å². The van der Waals surface area contributed by atoms with E-state index in [-0.39, 0.29) is 0 Å². The van der Waals surface area contributed by atoms with E-state index < -0.39 is 0 Å². The quantitative estimate of drug-likeness (QED) is 0.615. The number of hydrogen-bond acceptors (Lipinski definition) is 1. The van der Waals surface area contributed by atoms with Gasteiger partial charge in [-0.25, -0.2) is 0 Å². The van der Waals surface area contributed by atoms with Crippen molar-refractivity contribution in [2.24, 2.45) is 0 Å². The van der Waals surface area contributed by atoms with Crippen LogP contribution in [0, 0.1) is 0 Å². The van der Waals surface area contributed by atoms with Crippen molar-refractivity contribution in [3.8, 4) is 0 Å². The maximum Gasteiger partial charge on any atom is 0.0925 e. The van der Waals surface area contributed by atoms with Gasteiger partial charge in [0.2, 0.25) is 0 Å². The summed E-state index contributed by atoms with van der Waals surface area (Å²) in [6.45, 7) is 2.21. The summed E-state index contributed by atoms with van der Waals surface area (Å²) < 4.78 is 0.664. The molecule has 0 spiro atoms. The van der Waals surface area contributed by atoms with Gasteiger partial charge in [0.15, 0.2) is 0 Å². The molecule has 12 heavy (non-hydrogen) atoms. The summed E-state index contributed by atoms with van der Waals surface area (Å²) in [5.41, 5.74) is 1.48. The van der Waals surface area contributed by atoms with Crippen LogP contribution in [0.4, 0.5) is 0 Å². The van der Waals surface area contributed by atoms with E-state index in [9.17, 15) is 0 Å². The monoisotopic (exact) mass is 278 g/mol. The molecule has 1 aliphatic rings. The molecule has 0 aliphatic heterocycles. The number of alkyl halides is 1. The summed E-state index contributed by atoms with van der Waals surface area (Å²) >= 11 is 2.49. The van der Waals surface area contributed by atoms with E-state index in [0.717, 1.165) is 12.8 Å². The van der Waals surface area contributed by atoms with E-state index in [1.54, 1.807) is 0 Å². The molecule has 0 bridgehead atoms. The first kappa shape index (κ1) is 10.1. The van der Waals surface area contributed by atoms with Crippen LogP contribution < -0.4 is 0 Å². The highest BCUT2D eigenvalue weighted by Crippen LogP contribution is 2.26. The van der Waals surface area contributed by atoms with Crippen LogP contribution in [-0.2, 0) is 0 Å². The van der Waals surface area contributed by atoms with Gasteiger partial charge >= 0.3 is 0 Å². The van der Waals surface area contributed by atoms with E-state index >= 15 is 0 Å². The van der Waals surface area contributed by atoms with Crippen LogP contribution in [0.25, 0.3) is 0 Å². The number of allylic oxidation sites excluding steroid dienone is 4. The molecule has 1 nitrogen and oxygen atoms in total. The lowest BCUT2D eigenvalue weighted by Crippen LogP contribution is -2.04. The van der Waals surface area contributed by atoms with Gasteiger partial charge in [-0.3, -0.25) is 0 Å². The Morgan fingerprint density at radius 3 is 2.75 bits per heavy atom. The van der Waals surface area contributed by atoms with Gasteiger partial charge in [0.1, 0.15) is 0 Å². The normalized spacial score (nSPS) is 19.8. The number of aliphatic hydroxyl groups excluding tert-OH is 1. The lowest BCUT2D eigenvalue weighted by atomic mass is 9.99. The first-order chi connectivity index (χ1) is 5.74. The van der Waals surface area contributed by atoms with Gasteiger partial charge in [-0.15, -0.1) is 0 Å². The zero-order valence-electron chi connectivity index (χ0n) is 7.39. The number of aliphatic hydroxyl groups is 1. The van der Waals surface area contributed by atoms with Gasteiger partial charge < -0.3 is 5.11 Å². The average molecular weight is 278 g/mol. The molecule has 0 aromatic rings. The third-order valence-electron chi connectivity index (χ3n) is 2.10. The summed E-state index contributed by atoms with van der Waals surface area (Å²) in [4.78, 5) is 0. The first-order valence-electron chi connectivity index (χ1n) is 4.46. The van der Waals surface area contributed by atoms with E-state index in [1.165, 1.54) is 18.4 Å². The summed E-state index contributed by atoms with van der Waals surface area (Å²) in [6.07, 6.45) is 8.26. The Morgan fingerprint density at radius 2 is 2.25 bits per heavy atom. The fraction of sp³-hybridized carbons (Fsp3) is 0.600. The minimum atomic E-state index is 0.527. The Bertz CT molecular complexity index is 206. The van der Waals surface area contributed by atoms with E-state index in [1.807, 2.05) is 6.08 Å². The fourth-order valence-corrected chi connectivity index (χ4v) is 2.48. The molecule has 0 amide bonds. The van der Waals surface area contributed by atoms with Crippen LogP contribution in [-0.4, -0.2) is 9.03 Å². The van der Waals surface area contributed by atoms with Gasteiger partial charge in [-0.2, -0.15) is 0 Å². The van der Waals surface area contributed by atoms with E-state index in [4.69, 9.17) is 5.11 Å². The number of rotatable bonds is 3. The second-order valence-corrected chi connectivity index (χ2v) is 4.66. The Balaban J connectivity index is 2.52. The van der Waals surface area contributed by atoms with Crippen LogP contribution in [0.5, 0.6) is 0 Å². The smallest absolute Gasteiger partial charge is 0.0925 e. The Labute approximate surface area is 87.7 Å². The molecule has 0 aromatic heterocycles. The molecular formula is C10H15IO. The van der Waals surface area contributed by atoms with E-state index in [0.29, 0.717) is 9.68 Å². The van der Waals surface area contributed by atoms with E-state index in [2.05, 4.69) is 35.6 Å². The molecule has 2 heteroatoms. The van der Waals surface area contributed by atoms with Crippen LogP contribution in [0.15, 0.2) is 23.5 Å². The summed E-state index contributed by atoms with van der Waals surface area (Å²) in [7, 11) is 0. The minimum Gasteiger partial charge on any atom is -0.512 e. The molecule has 0 fully saturated rings. The van der Waals surface area contributed by atoms with Gasteiger partial charge in [-0.1, -0.05) is 47.6 Å². The highest BCUT2D eigenvalue weighted by Gasteiger charge is 2.12. The van der Waals surface area contributed by atoms with Crippen molar-refractivity contribution in [3.05, 3.63) is 23.5 Å². The zero-order chi connectivity index (χ0) is 8.97. The molecule has 1 rings (SSSR count). The minimum absolute atomic E-state index is 0.527. The van der Waals surface area contributed by atoms with Crippen LogP contribution in [0.1, 0.15) is 32.6 Å². The third-order valence-corrected chi connectivity index (χ3v) is 3.53. The molecule has 0 aromatic carbocycles. The highest BCUT2D eigenvalue weighted by atomic mass is 127. The Kier molecular flexibility index (Phi) is 4.12. The third kappa shape index (κ3) is 2.81. The largest absolute Gasteiger partial charge is 0.512 e. The molecule has 0 radical (unpaired) electrons. The molecule has 0 saturated heterocycles. The maximum absolute atomic E-state index is 9.15. The predicted molar refractivity (Wildman–Crippen MR) is 60.7 cm³/mol. The standard InChI is InChI=1S/C10H15IO/c1-2-3-10(11)8-4-6-9(12)7-5-8/h4,6,10,12H,2-3,5,7H2,1H3. The number of hydrogen-bond donors (Lipinski definition) is 1. The molecule has 1 N–H and O–H groups in total. The second kappa shape index (κ2) is 4.90. The number of halogens is 1. The van der Waals surface area contributed by atoms with Crippen LogP contribution in [0.3, 0.4) is 0 Å². The molecule has 1 atom stereocenters. The van der Waals surface area contributed by atoms with Crippen molar-refractivity contribution >= 4 is 22.6 Å². The van der Waals surface area contributed by atoms with Gasteiger partial charge in [-0.05, 0) is 18.9 Å². The average Bonchev–Trinajstić information content (AvgIpc) is 2.06. The molecule has 1 unspecified atom stereocenters. The topological polar surface area (TPSA) is 20.2 Å². The van der Waals surface area contributed by atoms with Crippen LogP contribution in [0.2, 0.25) is 0 Å². The van der Waals surface area contributed by atoms with Crippen molar-refractivity contribution < 1.29 is 5.11 Å². The summed E-state index contributed by atoms with van der Waals surface area (Å²) in [6, 6.07) is 0. The van der Waals surface area contributed by atoms with Crippen molar-refractivity contribution in [3.63, 3.8) is 0 Å². The predicted octanol–water partition coefficient (Wildman–Crippen LogP) is 3.75. The summed E-state index contributed by atoms with van der Waals surface area (Å²) in [5, 5.41) is 9.15. The molecule has 0 saturated carbocycles. The Hall–Kier alpha value is 0.01000. The lowest BCUT2D eigenvalue weighted by Gasteiger charge is -2.16. The van der Waals surface area contributed by atoms with Crippen molar-refractivity contribution in [2.75, 3.05) is 0 Å². The van der Waals surface area contributed by atoms with Crippen molar-refractivity contribution in [1.29, 1.82) is 0 Å². The molecular weight excluding hydrogens is 263 g/mol. The first-order valence-corrected chi connectivity index (χ1v) is 5.71. The zero-order valence-corrected chi connectivity index (χ0v) is 9.54. The molecule has 68 valence electrons. The van der Waals surface area contributed by atoms with Crippen molar-refractivity contribution in [2.45, 2.75) is 36.5 Å². The maximum atomic E-state index is 9.15. The highest BCUT2D eigenvalue weighted by molar-refractivity contribution is 14.1. The van der Waals surface area contributed by atoms with Gasteiger partial charge in [0.05, 0.1) is 5.76 Å². The second-order valence-electron chi connectivity index (χ2n) is 3.16. The SMILES string of the molecule is CCCC(I)C1=CC=C(O)CC1.